The average Bonchev–Trinajstić information content (AvgIpc) is 3.11. The van der Waals surface area contributed by atoms with E-state index in [2.05, 4.69) is 29.1 Å². The number of fused-ring (bicyclic) bond motifs is 1. The summed E-state index contributed by atoms with van der Waals surface area (Å²) in [7, 11) is 1.95. The number of hydrogen-bond acceptors (Lipinski definition) is 2. The molecule has 0 aliphatic rings. The number of nitrogens with zero attached hydrogens (tertiary/aromatic N) is 2. The minimum atomic E-state index is -0.0880. The summed E-state index contributed by atoms with van der Waals surface area (Å²) in [6.45, 7) is 6.22. The first-order chi connectivity index (χ1) is 11.5. The normalized spacial score (nSPS) is 12.5. The lowest BCUT2D eigenvalue weighted by atomic mass is 10.1. The highest BCUT2D eigenvalue weighted by Gasteiger charge is 2.20. The van der Waals surface area contributed by atoms with Gasteiger partial charge in [-0.1, -0.05) is 25.5 Å². The second kappa shape index (κ2) is 6.51. The van der Waals surface area contributed by atoms with E-state index in [0.29, 0.717) is 5.56 Å². The lowest BCUT2D eigenvalue weighted by Gasteiger charge is -2.18. The van der Waals surface area contributed by atoms with Gasteiger partial charge in [0.2, 0.25) is 0 Å². The molecule has 126 valence electrons. The maximum absolute atomic E-state index is 12.9. The Morgan fingerprint density at radius 1 is 1.38 bits per heavy atom. The van der Waals surface area contributed by atoms with E-state index in [-0.39, 0.29) is 11.9 Å². The summed E-state index contributed by atoms with van der Waals surface area (Å²) >= 11 is 0. The maximum atomic E-state index is 12.9. The fourth-order valence-corrected chi connectivity index (χ4v) is 3.18. The molecule has 5 heteroatoms. The molecular weight excluding hydrogens is 300 g/mol. The van der Waals surface area contributed by atoms with Crippen LogP contribution in [-0.4, -0.2) is 20.4 Å². The van der Waals surface area contributed by atoms with E-state index in [0.717, 1.165) is 35.3 Å². The van der Waals surface area contributed by atoms with Crippen molar-refractivity contribution in [3.63, 3.8) is 0 Å². The van der Waals surface area contributed by atoms with Gasteiger partial charge in [0, 0.05) is 30.5 Å². The van der Waals surface area contributed by atoms with Crippen molar-refractivity contribution in [2.75, 3.05) is 0 Å². The van der Waals surface area contributed by atoms with Crippen molar-refractivity contribution >= 4 is 16.8 Å². The first-order valence-electron chi connectivity index (χ1n) is 8.39. The van der Waals surface area contributed by atoms with Gasteiger partial charge in [-0.25, -0.2) is 4.98 Å². The molecule has 1 unspecified atom stereocenters. The number of para-hydroxylation sites is 1. The van der Waals surface area contributed by atoms with E-state index >= 15 is 0 Å². The number of aromatic amines is 1. The smallest absolute Gasteiger partial charge is 0.254 e. The zero-order chi connectivity index (χ0) is 17.3. The standard InChI is InChI=1S/C19H24N4O/c1-5-7-16(18-20-10-11-23(18)4)22-19(24)15-9-6-8-14-12(2)13(3)21-17(14)15/h6,8-11,16,21H,5,7H2,1-4H3,(H,22,24). The fraction of sp³-hybridized carbons (Fsp3) is 0.368. The molecule has 2 aromatic heterocycles. The lowest BCUT2D eigenvalue weighted by molar-refractivity contribution is 0.0933. The fourth-order valence-electron chi connectivity index (χ4n) is 3.18. The Morgan fingerprint density at radius 3 is 2.83 bits per heavy atom. The molecule has 0 saturated carbocycles. The van der Waals surface area contributed by atoms with E-state index in [1.54, 1.807) is 6.20 Å². The second-order valence-corrected chi connectivity index (χ2v) is 6.31. The van der Waals surface area contributed by atoms with Crippen LogP contribution in [0.4, 0.5) is 0 Å². The zero-order valence-electron chi connectivity index (χ0n) is 14.7. The number of carbonyl (C=O) groups is 1. The molecule has 0 aliphatic carbocycles. The number of carbonyl (C=O) groups excluding carboxylic acids is 1. The summed E-state index contributed by atoms with van der Waals surface area (Å²) in [4.78, 5) is 20.7. The van der Waals surface area contributed by atoms with Gasteiger partial charge in [0.15, 0.2) is 0 Å². The van der Waals surface area contributed by atoms with Gasteiger partial charge in [0.1, 0.15) is 5.82 Å². The first-order valence-corrected chi connectivity index (χ1v) is 8.39. The largest absolute Gasteiger partial charge is 0.358 e. The predicted octanol–water partition coefficient (Wildman–Crippen LogP) is 3.79. The molecule has 1 atom stereocenters. The second-order valence-electron chi connectivity index (χ2n) is 6.31. The number of H-pyrrole nitrogens is 1. The van der Waals surface area contributed by atoms with Crippen molar-refractivity contribution in [1.29, 1.82) is 0 Å². The molecule has 0 spiro atoms. The van der Waals surface area contributed by atoms with Crippen molar-refractivity contribution in [2.45, 2.75) is 39.7 Å². The molecule has 24 heavy (non-hydrogen) atoms. The molecule has 1 amide bonds. The van der Waals surface area contributed by atoms with Crippen LogP contribution in [0.1, 0.15) is 53.2 Å². The summed E-state index contributed by atoms with van der Waals surface area (Å²) in [5.41, 5.74) is 3.87. The van der Waals surface area contributed by atoms with Crippen molar-refractivity contribution in [3.05, 3.63) is 53.2 Å². The van der Waals surface area contributed by atoms with Crippen LogP contribution >= 0.6 is 0 Å². The number of rotatable bonds is 5. The van der Waals surface area contributed by atoms with Crippen molar-refractivity contribution in [3.8, 4) is 0 Å². The third-order valence-corrected chi connectivity index (χ3v) is 4.64. The zero-order valence-corrected chi connectivity index (χ0v) is 14.7. The molecule has 2 heterocycles. The number of benzene rings is 1. The number of aromatic nitrogens is 3. The van der Waals surface area contributed by atoms with Crippen LogP contribution < -0.4 is 5.32 Å². The van der Waals surface area contributed by atoms with E-state index in [1.165, 1.54) is 5.56 Å². The van der Waals surface area contributed by atoms with Gasteiger partial charge in [-0.2, -0.15) is 0 Å². The summed E-state index contributed by atoms with van der Waals surface area (Å²) < 4.78 is 1.96. The van der Waals surface area contributed by atoms with Crippen molar-refractivity contribution < 1.29 is 4.79 Å². The quantitative estimate of drug-likeness (QED) is 0.750. The molecule has 0 aliphatic heterocycles. The first kappa shape index (κ1) is 16.3. The number of imidazole rings is 1. The van der Waals surface area contributed by atoms with Crippen LogP contribution in [0.3, 0.4) is 0 Å². The Morgan fingerprint density at radius 2 is 2.17 bits per heavy atom. The van der Waals surface area contributed by atoms with E-state index < -0.39 is 0 Å². The summed E-state index contributed by atoms with van der Waals surface area (Å²) in [5, 5.41) is 4.26. The predicted molar refractivity (Wildman–Crippen MR) is 96.1 cm³/mol. The van der Waals surface area contributed by atoms with E-state index in [9.17, 15) is 4.79 Å². The highest BCUT2D eigenvalue weighted by molar-refractivity contribution is 6.06. The third-order valence-electron chi connectivity index (χ3n) is 4.64. The molecule has 0 fully saturated rings. The third kappa shape index (κ3) is 2.82. The van der Waals surface area contributed by atoms with Gasteiger partial charge in [0.25, 0.3) is 5.91 Å². The topological polar surface area (TPSA) is 62.7 Å². The Balaban J connectivity index is 1.94. The number of nitrogens with one attached hydrogen (secondary N) is 2. The van der Waals surface area contributed by atoms with Crippen molar-refractivity contribution in [2.24, 2.45) is 7.05 Å². The highest BCUT2D eigenvalue weighted by atomic mass is 16.1. The summed E-state index contributed by atoms with van der Waals surface area (Å²) in [6, 6.07) is 5.77. The number of hydrogen-bond donors (Lipinski definition) is 2. The Hall–Kier alpha value is -2.56. The van der Waals surface area contributed by atoms with Crippen LogP contribution in [0.25, 0.3) is 10.9 Å². The number of aryl methyl sites for hydroxylation is 3. The molecular formula is C19H24N4O. The molecule has 0 bridgehead atoms. The summed E-state index contributed by atoms with van der Waals surface area (Å²) in [5.74, 6) is 0.819. The molecule has 1 aromatic carbocycles. The van der Waals surface area contributed by atoms with Crippen LogP contribution in [-0.2, 0) is 7.05 Å². The number of amides is 1. The van der Waals surface area contributed by atoms with Crippen LogP contribution in [0.15, 0.2) is 30.6 Å². The minimum Gasteiger partial charge on any atom is -0.358 e. The molecule has 3 aromatic rings. The monoisotopic (exact) mass is 324 g/mol. The van der Waals surface area contributed by atoms with Crippen LogP contribution in [0, 0.1) is 13.8 Å². The SMILES string of the molecule is CCCC(NC(=O)c1cccc2c(C)c(C)[nH]c12)c1nccn1C. The Kier molecular flexibility index (Phi) is 4.42. The Bertz CT molecular complexity index is 875. The molecule has 0 saturated heterocycles. The molecule has 5 nitrogen and oxygen atoms in total. The van der Waals surface area contributed by atoms with E-state index in [4.69, 9.17) is 0 Å². The molecule has 0 radical (unpaired) electrons. The Labute approximate surface area is 142 Å². The minimum absolute atomic E-state index is 0.0664. The van der Waals surface area contributed by atoms with Gasteiger partial charge in [-0.3, -0.25) is 4.79 Å². The lowest BCUT2D eigenvalue weighted by Crippen LogP contribution is -2.30. The molecule has 2 N–H and O–H groups in total. The van der Waals surface area contributed by atoms with Crippen molar-refractivity contribution in [1.82, 2.24) is 19.9 Å². The molecule has 3 rings (SSSR count). The average molecular weight is 324 g/mol. The van der Waals surface area contributed by atoms with Crippen LogP contribution in [0.2, 0.25) is 0 Å². The van der Waals surface area contributed by atoms with Gasteiger partial charge in [0.05, 0.1) is 17.1 Å². The van der Waals surface area contributed by atoms with Crippen LogP contribution in [0.5, 0.6) is 0 Å². The van der Waals surface area contributed by atoms with Gasteiger partial charge >= 0.3 is 0 Å². The maximum Gasteiger partial charge on any atom is 0.254 e. The van der Waals surface area contributed by atoms with Gasteiger partial charge in [-0.05, 0) is 31.9 Å². The van der Waals surface area contributed by atoms with Gasteiger partial charge in [-0.15, -0.1) is 0 Å². The van der Waals surface area contributed by atoms with Gasteiger partial charge < -0.3 is 14.9 Å². The van der Waals surface area contributed by atoms with E-state index in [1.807, 2.05) is 42.9 Å². The highest BCUT2D eigenvalue weighted by Crippen LogP contribution is 2.25. The summed E-state index contributed by atoms with van der Waals surface area (Å²) in [6.07, 6.45) is 5.50.